The average Bonchev–Trinajstić information content (AvgIpc) is 2.68. The zero-order chi connectivity index (χ0) is 19.0. The quantitative estimate of drug-likeness (QED) is 0.741. The number of aliphatic carboxylic acids is 1. The van der Waals surface area contributed by atoms with Crippen LogP contribution in [0.5, 0.6) is 0 Å². The SMILES string of the molecule is O=C(O)C(CC1CC2CCN1CC2)(c1ccc(Cl)cc1)c1ccc(Cl)cc1. The number of hydrogen-bond acceptors (Lipinski definition) is 2. The van der Waals surface area contributed by atoms with Gasteiger partial charge in [-0.1, -0.05) is 47.5 Å². The lowest BCUT2D eigenvalue weighted by Crippen LogP contribution is -2.53. The van der Waals surface area contributed by atoms with E-state index in [0.29, 0.717) is 16.5 Å². The highest BCUT2D eigenvalue weighted by atomic mass is 35.5. The van der Waals surface area contributed by atoms with E-state index in [0.717, 1.165) is 36.6 Å². The van der Waals surface area contributed by atoms with E-state index in [-0.39, 0.29) is 6.04 Å². The number of benzene rings is 2. The molecule has 5 rings (SSSR count). The fourth-order valence-electron chi connectivity index (χ4n) is 4.86. The van der Waals surface area contributed by atoms with E-state index in [4.69, 9.17) is 23.2 Å². The average molecular weight is 404 g/mol. The Bertz CT molecular complexity index is 766. The molecule has 2 aromatic rings. The molecule has 1 atom stereocenters. The van der Waals surface area contributed by atoms with Crippen LogP contribution < -0.4 is 0 Å². The van der Waals surface area contributed by atoms with Gasteiger partial charge in [-0.3, -0.25) is 4.79 Å². The Morgan fingerprint density at radius 2 is 1.44 bits per heavy atom. The van der Waals surface area contributed by atoms with Crippen molar-refractivity contribution in [1.82, 2.24) is 4.90 Å². The molecule has 3 nitrogen and oxygen atoms in total. The second-order valence-electron chi connectivity index (χ2n) is 7.80. The number of carbonyl (C=O) groups is 1. The number of nitrogens with zero attached hydrogens (tertiary/aromatic N) is 1. The van der Waals surface area contributed by atoms with Gasteiger partial charge in [0, 0.05) is 16.1 Å². The van der Waals surface area contributed by atoms with Crippen LogP contribution >= 0.6 is 23.2 Å². The van der Waals surface area contributed by atoms with Crippen LogP contribution in [0.3, 0.4) is 0 Å². The first-order chi connectivity index (χ1) is 13.0. The Kier molecular flexibility index (Phi) is 5.19. The highest BCUT2D eigenvalue weighted by Crippen LogP contribution is 2.43. The molecule has 2 aromatic carbocycles. The minimum Gasteiger partial charge on any atom is -0.480 e. The van der Waals surface area contributed by atoms with Crippen LogP contribution in [-0.2, 0) is 10.2 Å². The lowest BCUT2D eigenvalue weighted by molar-refractivity contribution is -0.143. The van der Waals surface area contributed by atoms with Gasteiger partial charge in [-0.15, -0.1) is 0 Å². The van der Waals surface area contributed by atoms with Crippen LogP contribution in [0.25, 0.3) is 0 Å². The third-order valence-corrected chi connectivity index (χ3v) is 6.86. The van der Waals surface area contributed by atoms with Crippen molar-refractivity contribution in [3.63, 3.8) is 0 Å². The lowest BCUT2D eigenvalue weighted by atomic mass is 9.67. The second-order valence-corrected chi connectivity index (χ2v) is 8.67. The molecule has 3 aliphatic rings. The summed E-state index contributed by atoms with van der Waals surface area (Å²) < 4.78 is 0. The first kappa shape index (κ1) is 18.8. The van der Waals surface area contributed by atoms with Crippen LogP contribution in [-0.4, -0.2) is 35.1 Å². The van der Waals surface area contributed by atoms with Crippen molar-refractivity contribution >= 4 is 29.2 Å². The van der Waals surface area contributed by atoms with E-state index in [9.17, 15) is 9.90 Å². The van der Waals surface area contributed by atoms with Crippen molar-refractivity contribution in [1.29, 1.82) is 0 Å². The van der Waals surface area contributed by atoms with Crippen molar-refractivity contribution in [2.75, 3.05) is 13.1 Å². The fraction of sp³-hybridized carbons (Fsp3) is 0.409. The molecule has 0 aromatic heterocycles. The molecule has 0 spiro atoms. The van der Waals surface area contributed by atoms with Gasteiger partial charge in [-0.25, -0.2) is 0 Å². The van der Waals surface area contributed by atoms with Crippen molar-refractivity contribution < 1.29 is 9.90 Å². The number of rotatable bonds is 5. The summed E-state index contributed by atoms with van der Waals surface area (Å²) in [5.41, 5.74) is 0.422. The first-order valence-corrected chi connectivity index (χ1v) is 10.2. The lowest BCUT2D eigenvalue weighted by Gasteiger charge is -2.48. The van der Waals surface area contributed by atoms with Gasteiger partial charge in [0.1, 0.15) is 5.41 Å². The second kappa shape index (κ2) is 7.46. The molecule has 1 unspecified atom stereocenters. The molecule has 0 aliphatic carbocycles. The maximum atomic E-state index is 12.8. The molecule has 142 valence electrons. The Morgan fingerprint density at radius 1 is 0.963 bits per heavy atom. The van der Waals surface area contributed by atoms with Crippen molar-refractivity contribution in [2.45, 2.75) is 37.1 Å². The Balaban J connectivity index is 1.81. The van der Waals surface area contributed by atoms with Gasteiger partial charge in [-0.2, -0.15) is 0 Å². The van der Waals surface area contributed by atoms with Crippen LogP contribution in [0.2, 0.25) is 10.0 Å². The minimum absolute atomic E-state index is 0.278. The molecule has 0 saturated carbocycles. The number of hydrogen-bond donors (Lipinski definition) is 1. The zero-order valence-corrected chi connectivity index (χ0v) is 16.6. The van der Waals surface area contributed by atoms with Gasteiger partial charge in [0.2, 0.25) is 0 Å². The summed E-state index contributed by atoms with van der Waals surface area (Å²) in [6, 6.07) is 14.8. The highest BCUT2D eigenvalue weighted by Gasteiger charge is 2.47. The van der Waals surface area contributed by atoms with Gasteiger partial charge in [0.25, 0.3) is 0 Å². The molecule has 27 heavy (non-hydrogen) atoms. The van der Waals surface area contributed by atoms with E-state index < -0.39 is 11.4 Å². The van der Waals surface area contributed by atoms with Crippen molar-refractivity contribution in [2.24, 2.45) is 5.92 Å². The number of carboxylic acids is 1. The van der Waals surface area contributed by atoms with Crippen LogP contribution in [0.4, 0.5) is 0 Å². The molecular weight excluding hydrogens is 381 g/mol. The molecule has 3 fully saturated rings. The fourth-order valence-corrected chi connectivity index (χ4v) is 5.11. The van der Waals surface area contributed by atoms with Gasteiger partial charge in [0.05, 0.1) is 0 Å². The monoisotopic (exact) mass is 403 g/mol. The number of piperidine rings is 3. The minimum atomic E-state index is -1.11. The van der Waals surface area contributed by atoms with Crippen LogP contribution in [0, 0.1) is 5.92 Å². The Morgan fingerprint density at radius 3 is 1.81 bits per heavy atom. The number of fused-ring (bicyclic) bond motifs is 3. The van der Waals surface area contributed by atoms with Gasteiger partial charge >= 0.3 is 5.97 Å². The van der Waals surface area contributed by atoms with Gasteiger partial charge < -0.3 is 10.0 Å². The maximum Gasteiger partial charge on any atom is 0.318 e. The standard InChI is InChI=1S/C22H23Cl2NO2/c23-18-5-1-16(2-6-18)22(21(26)27,17-3-7-19(24)8-4-17)14-20-13-15-9-11-25(20)12-10-15/h1-8,15,20H,9-14H2,(H,26,27). The molecule has 5 heteroatoms. The van der Waals surface area contributed by atoms with Crippen molar-refractivity contribution in [3.05, 3.63) is 69.7 Å². The predicted octanol–water partition coefficient (Wildman–Crippen LogP) is 5.24. The zero-order valence-electron chi connectivity index (χ0n) is 15.1. The highest BCUT2D eigenvalue weighted by molar-refractivity contribution is 6.30. The summed E-state index contributed by atoms with van der Waals surface area (Å²) in [7, 11) is 0. The van der Waals surface area contributed by atoms with E-state index >= 15 is 0 Å². The summed E-state index contributed by atoms with van der Waals surface area (Å²) >= 11 is 12.2. The predicted molar refractivity (Wildman–Crippen MR) is 109 cm³/mol. The van der Waals surface area contributed by atoms with Crippen LogP contribution in [0.15, 0.2) is 48.5 Å². The largest absolute Gasteiger partial charge is 0.480 e. The molecule has 1 N–H and O–H groups in total. The normalized spacial score (nSPS) is 24.7. The number of carboxylic acid groups (broad SMARTS) is 1. The summed E-state index contributed by atoms with van der Waals surface area (Å²) in [5, 5.41) is 11.7. The number of halogens is 2. The van der Waals surface area contributed by atoms with Crippen LogP contribution in [0.1, 0.15) is 36.8 Å². The van der Waals surface area contributed by atoms with E-state index in [2.05, 4.69) is 4.90 Å². The Hall–Kier alpha value is -1.55. The van der Waals surface area contributed by atoms with Gasteiger partial charge in [-0.05, 0) is 80.1 Å². The molecular formula is C22H23Cl2NO2. The third-order valence-electron chi connectivity index (χ3n) is 6.35. The molecule has 0 radical (unpaired) electrons. The molecule has 0 amide bonds. The van der Waals surface area contributed by atoms with E-state index in [1.54, 1.807) is 24.3 Å². The molecule has 3 aliphatic heterocycles. The smallest absolute Gasteiger partial charge is 0.318 e. The van der Waals surface area contributed by atoms with Gasteiger partial charge in [0.15, 0.2) is 0 Å². The summed E-state index contributed by atoms with van der Waals surface area (Å²) in [4.78, 5) is 15.3. The summed E-state index contributed by atoms with van der Waals surface area (Å²) in [6.07, 6.45) is 4.11. The van der Waals surface area contributed by atoms with Crippen molar-refractivity contribution in [3.8, 4) is 0 Å². The maximum absolute atomic E-state index is 12.8. The first-order valence-electron chi connectivity index (χ1n) is 9.48. The third kappa shape index (κ3) is 3.49. The summed E-state index contributed by atoms with van der Waals surface area (Å²) in [6.45, 7) is 2.15. The summed E-state index contributed by atoms with van der Waals surface area (Å²) in [5.74, 6) is -0.100. The van der Waals surface area contributed by atoms with E-state index in [1.165, 1.54) is 12.8 Å². The van der Waals surface area contributed by atoms with E-state index in [1.807, 2.05) is 24.3 Å². The topological polar surface area (TPSA) is 40.5 Å². The Labute approximate surface area is 169 Å². The molecule has 2 bridgehead atoms. The molecule has 3 saturated heterocycles. The molecule has 3 heterocycles.